The Morgan fingerprint density at radius 2 is 1.83 bits per heavy atom. The summed E-state index contributed by atoms with van der Waals surface area (Å²) in [4.78, 5) is 5.10. The monoisotopic (exact) mass is 244 g/mol. The molecule has 1 aromatic carbocycles. The average molecular weight is 244 g/mol. The van der Waals surface area contributed by atoms with E-state index in [9.17, 15) is 0 Å². The Balaban J connectivity index is 1.89. The summed E-state index contributed by atoms with van der Waals surface area (Å²) in [5, 5.41) is 0. The molecule has 1 aliphatic rings. The van der Waals surface area contributed by atoms with Gasteiger partial charge < -0.3 is 4.90 Å². The van der Waals surface area contributed by atoms with Crippen molar-refractivity contribution in [1.29, 1.82) is 0 Å². The molecule has 0 radical (unpaired) electrons. The van der Waals surface area contributed by atoms with Crippen LogP contribution in [0.2, 0.25) is 0 Å². The molecule has 0 bridgehead atoms. The lowest BCUT2D eigenvalue weighted by molar-refractivity contribution is 0.181. The van der Waals surface area contributed by atoms with Crippen molar-refractivity contribution in [3.8, 4) is 0 Å². The van der Waals surface area contributed by atoms with E-state index in [0.29, 0.717) is 6.04 Å². The smallest absolute Gasteiger partial charge is 0.0367 e. The van der Waals surface area contributed by atoms with E-state index in [0.717, 1.165) is 19.5 Å². The summed E-state index contributed by atoms with van der Waals surface area (Å²) < 4.78 is 0. The molecule has 0 amide bonds. The maximum Gasteiger partial charge on any atom is 0.0367 e. The number of benzene rings is 1. The molecule has 1 aromatic rings. The second kappa shape index (κ2) is 6.60. The summed E-state index contributed by atoms with van der Waals surface area (Å²) >= 11 is 0. The summed E-state index contributed by atoms with van der Waals surface area (Å²) in [6.45, 7) is 10.8. The molecule has 18 heavy (non-hydrogen) atoms. The predicted molar refractivity (Wildman–Crippen MR) is 79.1 cm³/mol. The zero-order chi connectivity index (χ0) is 12.8. The second-order valence-electron chi connectivity index (χ2n) is 4.95. The van der Waals surface area contributed by atoms with Crippen LogP contribution in [0.1, 0.15) is 19.8 Å². The van der Waals surface area contributed by atoms with Crippen molar-refractivity contribution in [2.75, 3.05) is 31.1 Å². The molecule has 0 saturated carbocycles. The van der Waals surface area contributed by atoms with Crippen molar-refractivity contribution >= 4 is 5.69 Å². The Morgan fingerprint density at radius 3 is 2.39 bits per heavy atom. The van der Waals surface area contributed by atoms with Gasteiger partial charge in [-0.1, -0.05) is 31.2 Å². The summed E-state index contributed by atoms with van der Waals surface area (Å²) in [5.41, 5.74) is 1.36. The molecule has 1 aliphatic heterocycles. The van der Waals surface area contributed by atoms with Crippen LogP contribution in [0.3, 0.4) is 0 Å². The molecule has 1 unspecified atom stereocenters. The van der Waals surface area contributed by atoms with Gasteiger partial charge >= 0.3 is 0 Å². The van der Waals surface area contributed by atoms with Gasteiger partial charge in [0.25, 0.3) is 0 Å². The maximum absolute atomic E-state index is 3.87. The zero-order valence-electron chi connectivity index (χ0n) is 11.4. The van der Waals surface area contributed by atoms with Crippen LogP contribution in [0.5, 0.6) is 0 Å². The highest BCUT2D eigenvalue weighted by atomic mass is 15.3. The molecule has 2 heteroatoms. The van der Waals surface area contributed by atoms with Crippen LogP contribution >= 0.6 is 0 Å². The lowest BCUT2D eigenvalue weighted by Crippen LogP contribution is -2.50. The molecule has 0 aromatic heterocycles. The van der Waals surface area contributed by atoms with Crippen LogP contribution in [0.15, 0.2) is 43.0 Å². The Labute approximate surface area is 111 Å². The van der Waals surface area contributed by atoms with Crippen molar-refractivity contribution < 1.29 is 0 Å². The molecule has 0 N–H and O–H groups in total. The highest BCUT2D eigenvalue weighted by Crippen LogP contribution is 2.18. The normalized spacial score (nSPS) is 18.6. The Hall–Kier alpha value is -1.28. The zero-order valence-corrected chi connectivity index (χ0v) is 11.4. The van der Waals surface area contributed by atoms with Crippen LogP contribution in [0.4, 0.5) is 5.69 Å². The van der Waals surface area contributed by atoms with E-state index >= 15 is 0 Å². The van der Waals surface area contributed by atoms with Gasteiger partial charge in [0.2, 0.25) is 0 Å². The summed E-state index contributed by atoms with van der Waals surface area (Å²) in [5.74, 6) is 0. The first kappa shape index (κ1) is 13.2. The third-order valence-electron chi connectivity index (χ3n) is 3.86. The summed E-state index contributed by atoms with van der Waals surface area (Å²) in [6, 6.07) is 11.4. The molecular weight excluding hydrogens is 220 g/mol. The van der Waals surface area contributed by atoms with Gasteiger partial charge in [-0.15, -0.1) is 6.58 Å². The van der Waals surface area contributed by atoms with E-state index in [-0.39, 0.29) is 0 Å². The van der Waals surface area contributed by atoms with E-state index in [1.807, 2.05) is 0 Å². The van der Waals surface area contributed by atoms with Gasteiger partial charge in [0.05, 0.1) is 0 Å². The first-order chi connectivity index (χ1) is 8.85. The van der Waals surface area contributed by atoms with Crippen molar-refractivity contribution in [1.82, 2.24) is 4.90 Å². The summed E-state index contributed by atoms with van der Waals surface area (Å²) in [6.07, 6.45) is 4.39. The molecule has 2 nitrogen and oxygen atoms in total. The number of hydrogen-bond acceptors (Lipinski definition) is 2. The van der Waals surface area contributed by atoms with E-state index in [2.05, 4.69) is 59.7 Å². The van der Waals surface area contributed by atoms with Crippen LogP contribution in [0.25, 0.3) is 0 Å². The minimum absolute atomic E-state index is 0.681. The fourth-order valence-corrected chi connectivity index (χ4v) is 2.75. The molecule has 1 atom stereocenters. The van der Waals surface area contributed by atoms with Crippen LogP contribution in [-0.4, -0.2) is 37.1 Å². The fourth-order valence-electron chi connectivity index (χ4n) is 2.75. The molecule has 1 heterocycles. The SMILES string of the molecule is C=CCC(CC)N1CCN(c2ccccc2)CC1. The highest BCUT2D eigenvalue weighted by molar-refractivity contribution is 5.46. The maximum atomic E-state index is 3.87. The van der Waals surface area contributed by atoms with Gasteiger partial charge in [0.15, 0.2) is 0 Å². The number of piperazine rings is 1. The van der Waals surface area contributed by atoms with E-state index < -0.39 is 0 Å². The third kappa shape index (κ3) is 3.14. The van der Waals surface area contributed by atoms with Gasteiger partial charge in [0.1, 0.15) is 0 Å². The molecule has 0 aliphatic carbocycles. The molecule has 2 rings (SSSR count). The van der Waals surface area contributed by atoms with Gasteiger partial charge in [0, 0.05) is 37.9 Å². The van der Waals surface area contributed by atoms with Crippen molar-refractivity contribution in [2.24, 2.45) is 0 Å². The van der Waals surface area contributed by atoms with E-state index in [4.69, 9.17) is 0 Å². The molecule has 98 valence electrons. The largest absolute Gasteiger partial charge is 0.369 e. The van der Waals surface area contributed by atoms with Gasteiger partial charge in [-0.05, 0) is 25.0 Å². The third-order valence-corrected chi connectivity index (χ3v) is 3.86. The predicted octanol–water partition coefficient (Wildman–Crippen LogP) is 3.16. The van der Waals surface area contributed by atoms with Crippen molar-refractivity contribution in [3.63, 3.8) is 0 Å². The van der Waals surface area contributed by atoms with Crippen molar-refractivity contribution in [3.05, 3.63) is 43.0 Å². The van der Waals surface area contributed by atoms with Gasteiger partial charge in [-0.2, -0.15) is 0 Å². The minimum atomic E-state index is 0.681. The number of anilines is 1. The number of para-hydroxylation sites is 1. The van der Waals surface area contributed by atoms with Gasteiger partial charge in [-0.25, -0.2) is 0 Å². The molecule has 0 spiro atoms. The Kier molecular flexibility index (Phi) is 4.82. The summed E-state index contributed by atoms with van der Waals surface area (Å²) in [7, 11) is 0. The van der Waals surface area contributed by atoms with Crippen LogP contribution < -0.4 is 4.90 Å². The number of nitrogens with zero attached hydrogens (tertiary/aromatic N) is 2. The molecule has 1 fully saturated rings. The number of rotatable bonds is 5. The Bertz CT molecular complexity index is 353. The van der Waals surface area contributed by atoms with Gasteiger partial charge in [-0.3, -0.25) is 4.90 Å². The van der Waals surface area contributed by atoms with Crippen molar-refractivity contribution in [2.45, 2.75) is 25.8 Å². The standard InChI is InChI=1S/C16H24N2/c1-3-8-15(4-2)17-11-13-18(14-12-17)16-9-6-5-7-10-16/h3,5-7,9-10,15H,1,4,8,11-14H2,2H3. The van der Waals surface area contributed by atoms with Crippen LogP contribution in [0, 0.1) is 0 Å². The van der Waals surface area contributed by atoms with E-state index in [1.54, 1.807) is 0 Å². The lowest BCUT2D eigenvalue weighted by Gasteiger charge is -2.39. The minimum Gasteiger partial charge on any atom is -0.369 e. The lowest BCUT2D eigenvalue weighted by atomic mass is 10.1. The van der Waals surface area contributed by atoms with Crippen LogP contribution in [-0.2, 0) is 0 Å². The Morgan fingerprint density at radius 1 is 1.17 bits per heavy atom. The molecular formula is C16H24N2. The molecule has 1 saturated heterocycles. The topological polar surface area (TPSA) is 6.48 Å². The fraction of sp³-hybridized carbons (Fsp3) is 0.500. The van der Waals surface area contributed by atoms with E-state index in [1.165, 1.54) is 25.2 Å². The highest BCUT2D eigenvalue weighted by Gasteiger charge is 2.21. The first-order valence-corrected chi connectivity index (χ1v) is 7.00. The average Bonchev–Trinajstić information content (AvgIpc) is 2.46. The second-order valence-corrected chi connectivity index (χ2v) is 4.95. The number of hydrogen-bond donors (Lipinski definition) is 0. The quantitative estimate of drug-likeness (QED) is 0.734. The first-order valence-electron chi connectivity index (χ1n) is 7.00.